The number of ketones is 1. The Morgan fingerprint density at radius 2 is 2.10 bits per heavy atom. The molecule has 1 aromatic carbocycles. The number of aryl methyl sites for hydroxylation is 1. The number of benzene rings is 1. The van der Waals surface area contributed by atoms with Crippen LogP contribution in [0.4, 0.5) is 0 Å². The molecule has 0 spiro atoms. The molecule has 112 valence electrons. The van der Waals surface area contributed by atoms with Crippen molar-refractivity contribution >= 4 is 5.78 Å². The van der Waals surface area contributed by atoms with Crippen molar-refractivity contribution < 1.29 is 15.0 Å². The number of Topliss-reactive ketones (excluding diaryl/α,β-unsaturated/α-hetero) is 1. The Labute approximate surface area is 125 Å². The predicted octanol–water partition coefficient (Wildman–Crippen LogP) is 2.79. The number of aromatic hydroxyl groups is 1. The third-order valence-electron chi connectivity index (χ3n) is 6.44. The topological polar surface area (TPSA) is 57.5 Å². The van der Waals surface area contributed by atoms with E-state index in [-0.39, 0.29) is 11.2 Å². The predicted molar refractivity (Wildman–Crippen MR) is 79.1 cm³/mol. The van der Waals surface area contributed by atoms with Crippen molar-refractivity contribution in [3.8, 4) is 5.75 Å². The molecule has 0 amide bonds. The minimum absolute atomic E-state index is 0.0717. The van der Waals surface area contributed by atoms with Gasteiger partial charge in [-0.3, -0.25) is 4.79 Å². The molecule has 5 atom stereocenters. The van der Waals surface area contributed by atoms with Gasteiger partial charge in [-0.15, -0.1) is 0 Å². The van der Waals surface area contributed by atoms with Crippen LogP contribution in [-0.4, -0.2) is 22.1 Å². The van der Waals surface area contributed by atoms with Crippen molar-refractivity contribution in [1.29, 1.82) is 0 Å². The number of aliphatic hydroxyl groups excluding tert-OH is 1. The summed E-state index contributed by atoms with van der Waals surface area (Å²) in [5.74, 6) is 1.73. The summed E-state index contributed by atoms with van der Waals surface area (Å²) in [4.78, 5) is 12.3. The van der Waals surface area contributed by atoms with Crippen molar-refractivity contribution in [2.45, 2.75) is 51.0 Å². The lowest BCUT2D eigenvalue weighted by Crippen LogP contribution is -2.42. The molecule has 3 aliphatic rings. The van der Waals surface area contributed by atoms with Gasteiger partial charge in [0.25, 0.3) is 0 Å². The van der Waals surface area contributed by atoms with E-state index in [1.54, 1.807) is 6.07 Å². The summed E-state index contributed by atoms with van der Waals surface area (Å²) in [5, 5.41) is 19.7. The molecule has 0 aliphatic heterocycles. The van der Waals surface area contributed by atoms with Crippen LogP contribution in [-0.2, 0) is 11.2 Å². The number of carbonyl (C=O) groups is 1. The number of hydrogen-bond donors (Lipinski definition) is 2. The summed E-state index contributed by atoms with van der Waals surface area (Å²) in [7, 11) is 0. The number of fused-ring (bicyclic) bond motifs is 5. The van der Waals surface area contributed by atoms with E-state index in [2.05, 4.69) is 13.0 Å². The van der Waals surface area contributed by atoms with E-state index in [0.717, 1.165) is 25.7 Å². The average Bonchev–Trinajstić information content (AvgIpc) is 2.70. The molecule has 2 N–H and O–H groups in total. The quantitative estimate of drug-likeness (QED) is 0.771. The molecule has 3 aliphatic carbocycles. The van der Waals surface area contributed by atoms with Crippen LogP contribution in [0.3, 0.4) is 0 Å². The van der Waals surface area contributed by atoms with Crippen LogP contribution < -0.4 is 0 Å². The third kappa shape index (κ3) is 1.73. The molecule has 0 aromatic heterocycles. The molecule has 3 nitrogen and oxygen atoms in total. The van der Waals surface area contributed by atoms with Gasteiger partial charge in [-0.25, -0.2) is 0 Å². The summed E-state index contributed by atoms with van der Waals surface area (Å²) < 4.78 is 0. The number of rotatable bonds is 0. The third-order valence-corrected chi connectivity index (χ3v) is 6.44. The van der Waals surface area contributed by atoms with E-state index in [4.69, 9.17) is 0 Å². The van der Waals surface area contributed by atoms with Gasteiger partial charge < -0.3 is 10.2 Å². The SMILES string of the molecule is C[C@]12CCC3c4ccc(O)cc4CC[C@H]3[C@@H]1CC(O)C2=O. The number of phenols is 1. The Morgan fingerprint density at radius 1 is 1.29 bits per heavy atom. The normalized spacial score (nSPS) is 41.3. The maximum Gasteiger partial charge on any atom is 0.167 e. The van der Waals surface area contributed by atoms with Crippen LogP contribution in [0.2, 0.25) is 0 Å². The lowest BCUT2D eigenvalue weighted by Gasteiger charge is -2.48. The van der Waals surface area contributed by atoms with Gasteiger partial charge in [0.2, 0.25) is 0 Å². The van der Waals surface area contributed by atoms with E-state index in [1.807, 2.05) is 6.07 Å². The molecule has 3 heteroatoms. The lowest BCUT2D eigenvalue weighted by atomic mass is 9.55. The maximum absolute atomic E-state index is 12.3. The summed E-state index contributed by atoms with van der Waals surface area (Å²) in [5.41, 5.74) is 2.32. The van der Waals surface area contributed by atoms with E-state index >= 15 is 0 Å². The van der Waals surface area contributed by atoms with Gasteiger partial charge in [-0.1, -0.05) is 13.0 Å². The van der Waals surface area contributed by atoms with Gasteiger partial charge in [-0.05, 0) is 73.1 Å². The maximum atomic E-state index is 12.3. The molecule has 2 saturated carbocycles. The standard InChI is InChI=1S/C18H22O3/c1-18-7-6-13-12-5-3-11(19)8-10(12)2-4-14(13)15(18)9-16(20)17(18)21/h3,5,8,13-16,19-20H,2,4,6-7,9H2,1H3/t13?,14-,15+,16?,18+/m1/s1. The molecule has 4 rings (SSSR count). The average molecular weight is 286 g/mol. The minimum Gasteiger partial charge on any atom is -0.508 e. The highest BCUT2D eigenvalue weighted by molar-refractivity contribution is 5.91. The second kappa shape index (κ2) is 4.33. The Bertz CT molecular complexity index is 608. The van der Waals surface area contributed by atoms with Gasteiger partial charge in [-0.2, -0.15) is 0 Å². The number of hydrogen-bond acceptors (Lipinski definition) is 3. The van der Waals surface area contributed by atoms with Crippen molar-refractivity contribution in [2.75, 3.05) is 0 Å². The van der Waals surface area contributed by atoms with Gasteiger partial charge in [0.1, 0.15) is 11.9 Å². The molecule has 0 saturated heterocycles. The van der Waals surface area contributed by atoms with Crippen molar-refractivity contribution in [2.24, 2.45) is 17.3 Å². The highest BCUT2D eigenvalue weighted by Crippen LogP contribution is 2.59. The molecule has 0 heterocycles. The summed E-state index contributed by atoms with van der Waals surface area (Å²) in [6.45, 7) is 2.07. The Morgan fingerprint density at radius 3 is 2.90 bits per heavy atom. The molecule has 1 aromatic rings. The molecule has 2 fully saturated rings. The summed E-state index contributed by atoms with van der Waals surface area (Å²) >= 11 is 0. The molecule has 0 bridgehead atoms. The Kier molecular flexibility index (Phi) is 2.74. The van der Waals surface area contributed by atoms with Crippen molar-refractivity contribution in [3.05, 3.63) is 29.3 Å². The highest BCUT2D eigenvalue weighted by atomic mass is 16.3. The van der Waals surface area contributed by atoms with Gasteiger partial charge >= 0.3 is 0 Å². The second-order valence-corrected chi connectivity index (χ2v) is 7.37. The van der Waals surface area contributed by atoms with E-state index in [0.29, 0.717) is 29.9 Å². The highest BCUT2D eigenvalue weighted by Gasteiger charge is 2.57. The summed E-state index contributed by atoms with van der Waals surface area (Å²) in [6.07, 6.45) is 3.84. The van der Waals surface area contributed by atoms with Crippen LogP contribution >= 0.6 is 0 Å². The fourth-order valence-electron chi connectivity index (χ4n) is 5.36. The fraction of sp³-hybridized carbons (Fsp3) is 0.611. The van der Waals surface area contributed by atoms with E-state index in [9.17, 15) is 15.0 Å². The zero-order chi connectivity index (χ0) is 14.8. The van der Waals surface area contributed by atoms with Gasteiger partial charge in [0.05, 0.1) is 0 Å². The monoisotopic (exact) mass is 286 g/mol. The number of carbonyl (C=O) groups excluding carboxylic acids is 1. The number of aliphatic hydroxyl groups is 1. The Balaban J connectivity index is 1.73. The largest absolute Gasteiger partial charge is 0.508 e. The van der Waals surface area contributed by atoms with Crippen LogP contribution in [0.25, 0.3) is 0 Å². The number of phenolic OH excluding ortho intramolecular Hbond substituents is 1. The minimum atomic E-state index is -0.750. The van der Waals surface area contributed by atoms with Gasteiger partial charge in [0.15, 0.2) is 5.78 Å². The van der Waals surface area contributed by atoms with Crippen LogP contribution in [0.5, 0.6) is 5.75 Å². The van der Waals surface area contributed by atoms with Crippen LogP contribution in [0, 0.1) is 17.3 Å². The van der Waals surface area contributed by atoms with E-state index < -0.39 is 6.10 Å². The zero-order valence-corrected chi connectivity index (χ0v) is 12.4. The molecule has 2 unspecified atom stereocenters. The van der Waals surface area contributed by atoms with Crippen molar-refractivity contribution in [1.82, 2.24) is 0 Å². The lowest BCUT2D eigenvalue weighted by molar-refractivity contribution is -0.134. The first-order chi connectivity index (χ1) is 10.0. The molecule has 0 radical (unpaired) electrons. The molecular formula is C18H22O3. The smallest absolute Gasteiger partial charge is 0.167 e. The second-order valence-electron chi connectivity index (χ2n) is 7.37. The van der Waals surface area contributed by atoms with Crippen molar-refractivity contribution in [3.63, 3.8) is 0 Å². The first-order valence-electron chi connectivity index (χ1n) is 8.05. The summed E-state index contributed by atoms with van der Waals surface area (Å²) in [6, 6.07) is 5.75. The molecule has 21 heavy (non-hydrogen) atoms. The molecular weight excluding hydrogens is 264 g/mol. The fourth-order valence-corrected chi connectivity index (χ4v) is 5.36. The zero-order valence-electron chi connectivity index (χ0n) is 12.4. The van der Waals surface area contributed by atoms with Crippen LogP contribution in [0.15, 0.2) is 18.2 Å². The van der Waals surface area contributed by atoms with Crippen LogP contribution in [0.1, 0.15) is 49.7 Å². The van der Waals surface area contributed by atoms with Gasteiger partial charge in [0, 0.05) is 5.41 Å². The Hall–Kier alpha value is -1.35. The first kappa shape index (κ1) is 13.3. The first-order valence-corrected chi connectivity index (χ1v) is 8.05. The van der Waals surface area contributed by atoms with E-state index in [1.165, 1.54) is 11.1 Å².